The predicted molar refractivity (Wildman–Crippen MR) is 75.8 cm³/mol. The number of piperidine rings is 1. The maximum absolute atomic E-state index is 12.2. The standard InChI is InChI=1S/C16H27NO2/c1-16(2)12-17(11-10-14(16)18)15(19)9-5-8-13-6-3-4-7-13/h13H,3-12H2,1-2H3. The SMILES string of the molecule is CC1(C)CN(C(=O)CCCC2CCCC2)CCC1=O. The maximum atomic E-state index is 12.2. The Morgan fingerprint density at radius 3 is 2.63 bits per heavy atom. The lowest BCUT2D eigenvalue weighted by atomic mass is 9.82. The van der Waals surface area contributed by atoms with E-state index in [0.717, 1.165) is 12.3 Å². The lowest BCUT2D eigenvalue weighted by Crippen LogP contribution is -2.48. The van der Waals surface area contributed by atoms with Gasteiger partial charge in [-0.1, -0.05) is 39.5 Å². The molecule has 0 N–H and O–H groups in total. The van der Waals surface area contributed by atoms with E-state index in [1.807, 2.05) is 18.7 Å². The molecule has 2 aliphatic rings. The minimum atomic E-state index is -0.348. The van der Waals surface area contributed by atoms with Gasteiger partial charge in [0.1, 0.15) is 5.78 Å². The van der Waals surface area contributed by atoms with Crippen LogP contribution in [0.2, 0.25) is 0 Å². The monoisotopic (exact) mass is 265 g/mol. The number of amides is 1. The van der Waals surface area contributed by atoms with E-state index in [1.54, 1.807) is 0 Å². The van der Waals surface area contributed by atoms with Gasteiger partial charge in [0.2, 0.25) is 5.91 Å². The Hall–Kier alpha value is -0.860. The van der Waals surface area contributed by atoms with E-state index in [9.17, 15) is 9.59 Å². The molecule has 108 valence electrons. The smallest absolute Gasteiger partial charge is 0.222 e. The van der Waals surface area contributed by atoms with Gasteiger partial charge in [0.05, 0.1) is 0 Å². The fourth-order valence-corrected chi connectivity index (χ4v) is 3.43. The van der Waals surface area contributed by atoms with Crippen molar-refractivity contribution in [3.8, 4) is 0 Å². The van der Waals surface area contributed by atoms with Gasteiger partial charge in [0.15, 0.2) is 0 Å². The quantitative estimate of drug-likeness (QED) is 0.783. The van der Waals surface area contributed by atoms with Crippen molar-refractivity contribution in [3.63, 3.8) is 0 Å². The van der Waals surface area contributed by atoms with Crippen LogP contribution >= 0.6 is 0 Å². The van der Waals surface area contributed by atoms with Crippen molar-refractivity contribution in [2.75, 3.05) is 13.1 Å². The van der Waals surface area contributed by atoms with Crippen LogP contribution < -0.4 is 0 Å². The molecule has 2 fully saturated rings. The molecule has 1 aliphatic heterocycles. The highest BCUT2D eigenvalue weighted by Crippen LogP contribution is 2.30. The third-order valence-electron chi connectivity index (χ3n) is 4.78. The van der Waals surface area contributed by atoms with Crippen molar-refractivity contribution < 1.29 is 9.59 Å². The number of hydrogen-bond acceptors (Lipinski definition) is 2. The van der Waals surface area contributed by atoms with E-state index >= 15 is 0 Å². The first-order chi connectivity index (χ1) is 8.99. The van der Waals surface area contributed by atoms with Gasteiger partial charge in [-0.15, -0.1) is 0 Å². The molecule has 0 aromatic heterocycles. The van der Waals surface area contributed by atoms with Crippen LogP contribution in [0, 0.1) is 11.3 Å². The summed E-state index contributed by atoms with van der Waals surface area (Å²) in [5, 5.41) is 0. The van der Waals surface area contributed by atoms with Gasteiger partial charge in [0.25, 0.3) is 0 Å². The number of rotatable bonds is 4. The molecule has 0 radical (unpaired) electrons. The maximum Gasteiger partial charge on any atom is 0.222 e. The van der Waals surface area contributed by atoms with E-state index in [0.29, 0.717) is 31.7 Å². The molecule has 2 rings (SSSR count). The summed E-state index contributed by atoms with van der Waals surface area (Å²) in [5.41, 5.74) is -0.348. The molecule has 1 saturated heterocycles. The van der Waals surface area contributed by atoms with E-state index in [2.05, 4.69) is 0 Å². The lowest BCUT2D eigenvalue weighted by molar-refractivity contribution is -0.141. The average Bonchev–Trinajstić information content (AvgIpc) is 2.85. The summed E-state index contributed by atoms with van der Waals surface area (Å²) in [6, 6.07) is 0. The van der Waals surface area contributed by atoms with Crippen molar-refractivity contribution in [1.82, 2.24) is 4.90 Å². The molecule has 0 atom stereocenters. The molecule has 3 heteroatoms. The van der Waals surface area contributed by atoms with Crippen LogP contribution in [0.1, 0.15) is 65.2 Å². The molecule has 1 aliphatic carbocycles. The Morgan fingerprint density at radius 2 is 2.00 bits per heavy atom. The second-order valence-electron chi connectivity index (χ2n) is 6.92. The van der Waals surface area contributed by atoms with Crippen molar-refractivity contribution in [2.45, 2.75) is 65.2 Å². The molecule has 0 bridgehead atoms. The lowest BCUT2D eigenvalue weighted by Gasteiger charge is -2.36. The Balaban J connectivity index is 1.72. The molecule has 1 heterocycles. The zero-order chi connectivity index (χ0) is 13.9. The minimum Gasteiger partial charge on any atom is -0.341 e. The molecule has 0 unspecified atom stereocenters. The van der Waals surface area contributed by atoms with Crippen LogP contribution in [-0.2, 0) is 9.59 Å². The van der Waals surface area contributed by atoms with Crippen molar-refractivity contribution in [1.29, 1.82) is 0 Å². The van der Waals surface area contributed by atoms with Gasteiger partial charge in [-0.25, -0.2) is 0 Å². The normalized spacial score (nSPS) is 23.9. The zero-order valence-electron chi connectivity index (χ0n) is 12.4. The Labute approximate surface area is 116 Å². The Kier molecular flexibility index (Phi) is 4.64. The average molecular weight is 265 g/mol. The highest BCUT2D eigenvalue weighted by atomic mass is 16.2. The van der Waals surface area contributed by atoms with E-state index in [-0.39, 0.29) is 11.3 Å². The Morgan fingerprint density at radius 1 is 1.32 bits per heavy atom. The van der Waals surface area contributed by atoms with Crippen LogP contribution in [0.25, 0.3) is 0 Å². The summed E-state index contributed by atoms with van der Waals surface area (Å²) >= 11 is 0. The first-order valence-corrected chi connectivity index (χ1v) is 7.80. The molecule has 0 spiro atoms. The van der Waals surface area contributed by atoms with Crippen LogP contribution in [0.15, 0.2) is 0 Å². The van der Waals surface area contributed by atoms with Gasteiger partial charge in [-0.2, -0.15) is 0 Å². The second-order valence-corrected chi connectivity index (χ2v) is 6.92. The van der Waals surface area contributed by atoms with E-state index < -0.39 is 0 Å². The summed E-state index contributed by atoms with van der Waals surface area (Å²) < 4.78 is 0. The highest BCUT2D eigenvalue weighted by Gasteiger charge is 2.35. The molecule has 1 amide bonds. The van der Waals surface area contributed by atoms with Gasteiger partial charge in [-0.05, 0) is 18.8 Å². The van der Waals surface area contributed by atoms with Crippen LogP contribution in [0.4, 0.5) is 0 Å². The first-order valence-electron chi connectivity index (χ1n) is 7.80. The van der Waals surface area contributed by atoms with Crippen molar-refractivity contribution in [3.05, 3.63) is 0 Å². The van der Waals surface area contributed by atoms with Crippen LogP contribution in [0.3, 0.4) is 0 Å². The molecular weight excluding hydrogens is 238 g/mol. The van der Waals surface area contributed by atoms with Gasteiger partial charge >= 0.3 is 0 Å². The third-order valence-corrected chi connectivity index (χ3v) is 4.78. The Bertz CT molecular complexity index is 343. The summed E-state index contributed by atoms with van der Waals surface area (Å²) in [7, 11) is 0. The molecule has 3 nitrogen and oxygen atoms in total. The second kappa shape index (κ2) is 6.06. The first kappa shape index (κ1) is 14.5. The largest absolute Gasteiger partial charge is 0.341 e. The predicted octanol–water partition coefficient (Wildman–Crippen LogP) is 3.17. The number of Topliss-reactive ketones (excluding diaryl/α,β-unsaturated/α-hetero) is 1. The van der Waals surface area contributed by atoms with Gasteiger partial charge < -0.3 is 4.90 Å². The molecule has 1 saturated carbocycles. The summed E-state index contributed by atoms with van der Waals surface area (Å²) in [6.45, 7) is 5.14. The summed E-state index contributed by atoms with van der Waals surface area (Å²) in [6.07, 6.45) is 8.90. The van der Waals surface area contributed by atoms with Crippen LogP contribution in [0.5, 0.6) is 0 Å². The topological polar surface area (TPSA) is 37.4 Å². The van der Waals surface area contributed by atoms with Crippen LogP contribution in [-0.4, -0.2) is 29.7 Å². The van der Waals surface area contributed by atoms with Gasteiger partial charge in [-0.3, -0.25) is 9.59 Å². The minimum absolute atomic E-state index is 0.249. The number of carbonyl (C=O) groups excluding carboxylic acids is 2. The van der Waals surface area contributed by atoms with E-state index in [1.165, 1.54) is 32.1 Å². The summed E-state index contributed by atoms with van der Waals surface area (Å²) in [5.74, 6) is 1.41. The molecule has 0 aromatic rings. The van der Waals surface area contributed by atoms with Crippen molar-refractivity contribution >= 4 is 11.7 Å². The van der Waals surface area contributed by atoms with Gasteiger partial charge in [0, 0.05) is 31.3 Å². The molecular formula is C16H27NO2. The number of hydrogen-bond donors (Lipinski definition) is 0. The summed E-state index contributed by atoms with van der Waals surface area (Å²) in [4.78, 5) is 25.8. The number of likely N-dealkylation sites (tertiary alicyclic amines) is 1. The third kappa shape index (κ3) is 3.80. The molecule has 19 heavy (non-hydrogen) atoms. The highest BCUT2D eigenvalue weighted by molar-refractivity contribution is 5.87. The fraction of sp³-hybridized carbons (Fsp3) is 0.875. The number of nitrogens with zero attached hydrogens (tertiary/aromatic N) is 1. The number of ketones is 1. The van der Waals surface area contributed by atoms with Crippen molar-refractivity contribution in [2.24, 2.45) is 11.3 Å². The van der Waals surface area contributed by atoms with E-state index in [4.69, 9.17) is 0 Å². The zero-order valence-corrected chi connectivity index (χ0v) is 12.4. The number of carbonyl (C=O) groups is 2. The molecule has 0 aromatic carbocycles. The fourth-order valence-electron chi connectivity index (χ4n) is 3.43.